The van der Waals surface area contributed by atoms with Gasteiger partial charge in [0.15, 0.2) is 0 Å². The summed E-state index contributed by atoms with van der Waals surface area (Å²) in [7, 11) is 1.00. The minimum Gasteiger partial charge on any atom is -0.400 e. The first-order valence-electron chi connectivity index (χ1n) is 1.97. The van der Waals surface area contributed by atoms with Gasteiger partial charge in [-0.1, -0.05) is 6.92 Å². The zero-order valence-corrected chi connectivity index (χ0v) is 6.55. The van der Waals surface area contributed by atoms with Crippen LogP contribution in [0.2, 0.25) is 0 Å². The summed E-state index contributed by atoms with van der Waals surface area (Å²) in [6.07, 6.45) is 0.875. The van der Waals surface area contributed by atoms with Gasteiger partial charge in [-0.15, -0.1) is 0 Å². The van der Waals surface area contributed by atoms with E-state index in [1.165, 1.54) is 0 Å². The fourth-order valence-electron chi connectivity index (χ4n) is 0. The van der Waals surface area contributed by atoms with Crippen LogP contribution in [0.5, 0.6) is 0 Å². The average Bonchev–Trinajstić information content (AvgIpc) is 1.72. The summed E-state index contributed by atoms with van der Waals surface area (Å²) in [5.74, 6) is 0. The molecule has 0 aromatic heterocycles. The normalized spacial score (nSPS) is 4.50. The van der Waals surface area contributed by atoms with Gasteiger partial charge in [-0.3, -0.25) is 0 Å². The standard InChI is InChI=1S/C3H8O.CH4O.CH3.Cu/c1-2-3-4;1-2;;/h4H,2-3H2,1H3;2H,1H3;1H3;/q;;-1;+1. The Hall–Kier alpha value is 0.439. The topological polar surface area (TPSA) is 40.5 Å². The Morgan fingerprint density at radius 1 is 1.25 bits per heavy atom. The third-order valence-electron chi connectivity index (χ3n) is 0.224. The van der Waals surface area contributed by atoms with Crippen molar-refractivity contribution in [2.45, 2.75) is 13.3 Å². The van der Waals surface area contributed by atoms with E-state index in [0.717, 1.165) is 13.5 Å². The molecule has 0 aliphatic rings. The summed E-state index contributed by atoms with van der Waals surface area (Å²) in [4.78, 5) is 0. The van der Waals surface area contributed by atoms with E-state index in [9.17, 15) is 0 Å². The van der Waals surface area contributed by atoms with E-state index in [2.05, 4.69) is 0 Å². The van der Waals surface area contributed by atoms with Gasteiger partial charge < -0.3 is 17.6 Å². The van der Waals surface area contributed by atoms with E-state index in [4.69, 9.17) is 10.2 Å². The number of hydrogen-bond acceptors (Lipinski definition) is 2. The molecule has 0 heterocycles. The molecule has 0 saturated heterocycles. The molecular formula is C5H15CuO2. The maximum atomic E-state index is 7.88. The second-order valence-electron chi connectivity index (χ2n) is 0.724. The quantitative estimate of drug-likeness (QED) is 0.443. The second kappa shape index (κ2) is 51.8. The van der Waals surface area contributed by atoms with Gasteiger partial charge in [0.2, 0.25) is 0 Å². The van der Waals surface area contributed by atoms with E-state index >= 15 is 0 Å². The van der Waals surface area contributed by atoms with Crippen LogP contribution in [-0.4, -0.2) is 23.9 Å². The summed E-state index contributed by atoms with van der Waals surface area (Å²) in [6, 6.07) is 0. The van der Waals surface area contributed by atoms with Crippen molar-refractivity contribution in [3.8, 4) is 0 Å². The van der Waals surface area contributed by atoms with Gasteiger partial charge in [0, 0.05) is 13.7 Å². The maximum absolute atomic E-state index is 7.88. The first kappa shape index (κ1) is 23.7. The van der Waals surface area contributed by atoms with Gasteiger partial charge in [0.05, 0.1) is 0 Å². The molecule has 0 saturated carbocycles. The zero-order chi connectivity index (χ0) is 5.41. The van der Waals surface area contributed by atoms with Crippen molar-refractivity contribution in [2.24, 2.45) is 0 Å². The molecule has 0 rings (SSSR count). The predicted octanol–water partition coefficient (Wildman–Crippen LogP) is 0.445. The Balaban J connectivity index is -0.0000000183. The van der Waals surface area contributed by atoms with E-state index in [-0.39, 0.29) is 24.5 Å². The molecular weight excluding hydrogens is 156 g/mol. The number of hydrogen-bond donors (Lipinski definition) is 2. The fourth-order valence-corrected chi connectivity index (χ4v) is 0. The molecule has 0 unspecified atom stereocenters. The molecule has 2 nitrogen and oxygen atoms in total. The summed E-state index contributed by atoms with van der Waals surface area (Å²) in [5, 5.41) is 14.9. The minimum absolute atomic E-state index is 0. The van der Waals surface area contributed by atoms with Gasteiger partial charge in [-0.05, 0) is 6.42 Å². The zero-order valence-electron chi connectivity index (χ0n) is 5.61. The average molecular weight is 171 g/mol. The molecule has 0 aromatic carbocycles. The van der Waals surface area contributed by atoms with Crippen LogP contribution in [0.1, 0.15) is 13.3 Å². The van der Waals surface area contributed by atoms with E-state index in [1.807, 2.05) is 6.92 Å². The third kappa shape index (κ3) is 92.0. The van der Waals surface area contributed by atoms with Crippen LogP contribution in [0.3, 0.4) is 0 Å². The summed E-state index contributed by atoms with van der Waals surface area (Å²) < 4.78 is 0. The third-order valence-corrected chi connectivity index (χ3v) is 0.224. The maximum Gasteiger partial charge on any atom is 1.00 e. The Labute approximate surface area is 62.4 Å². The van der Waals surface area contributed by atoms with Crippen molar-refractivity contribution in [1.82, 2.24) is 0 Å². The second-order valence-corrected chi connectivity index (χ2v) is 0.724. The van der Waals surface area contributed by atoms with Gasteiger partial charge in [-0.25, -0.2) is 0 Å². The fraction of sp³-hybridized carbons (Fsp3) is 0.800. The van der Waals surface area contributed by atoms with Crippen LogP contribution in [-0.2, 0) is 17.1 Å². The molecule has 58 valence electrons. The predicted molar refractivity (Wildman–Crippen MR) is 31.9 cm³/mol. The molecule has 0 aliphatic heterocycles. The van der Waals surface area contributed by atoms with Crippen molar-refractivity contribution >= 4 is 0 Å². The number of aliphatic hydroxyl groups is 2. The van der Waals surface area contributed by atoms with Crippen LogP contribution in [0.25, 0.3) is 0 Å². The van der Waals surface area contributed by atoms with Crippen molar-refractivity contribution < 1.29 is 27.3 Å². The summed E-state index contributed by atoms with van der Waals surface area (Å²) >= 11 is 0. The summed E-state index contributed by atoms with van der Waals surface area (Å²) in [5.41, 5.74) is 0. The molecule has 2 N–H and O–H groups in total. The first-order valence-corrected chi connectivity index (χ1v) is 1.97. The van der Waals surface area contributed by atoms with Crippen LogP contribution >= 0.6 is 0 Å². The van der Waals surface area contributed by atoms with E-state index in [0.29, 0.717) is 6.61 Å². The SMILES string of the molecule is CCCO.CO.[CH3-].[Cu+]. The molecule has 0 atom stereocenters. The number of aliphatic hydroxyl groups excluding tert-OH is 2. The largest absolute Gasteiger partial charge is 1.00 e. The monoisotopic (exact) mass is 170 g/mol. The van der Waals surface area contributed by atoms with Gasteiger partial charge >= 0.3 is 17.1 Å². The van der Waals surface area contributed by atoms with Gasteiger partial charge in [-0.2, -0.15) is 0 Å². The number of rotatable bonds is 1. The van der Waals surface area contributed by atoms with Crippen LogP contribution in [0.4, 0.5) is 0 Å². The van der Waals surface area contributed by atoms with Crippen LogP contribution in [0.15, 0.2) is 0 Å². The van der Waals surface area contributed by atoms with E-state index < -0.39 is 0 Å². The van der Waals surface area contributed by atoms with E-state index in [1.54, 1.807) is 0 Å². The molecule has 0 fully saturated rings. The smallest absolute Gasteiger partial charge is 0.400 e. The summed E-state index contributed by atoms with van der Waals surface area (Å²) in [6.45, 7) is 2.25. The van der Waals surface area contributed by atoms with Gasteiger partial charge in [0.1, 0.15) is 0 Å². The molecule has 0 aromatic rings. The minimum atomic E-state index is 0. The van der Waals surface area contributed by atoms with Crippen molar-refractivity contribution in [3.63, 3.8) is 0 Å². The molecule has 0 spiro atoms. The van der Waals surface area contributed by atoms with Crippen LogP contribution < -0.4 is 0 Å². The van der Waals surface area contributed by atoms with Crippen molar-refractivity contribution in [3.05, 3.63) is 7.43 Å². The van der Waals surface area contributed by atoms with Crippen molar-refractivity contribution in [2.75, 3.05) is 13.7 Å². The molecule has 8 heavy (non-hydrogen) atoms. The Kier molecular flexibility index (Phi) is 154. The molecule has 0 bridgehead atoms. The van der Waals surface area contributed by atoms with Crippen LogP contribution in [0, 0.1) is 7.43 Å². The molecule has 0 aliphatic carbocycles. The van der Waals surface area contributed by atoms with Crippen molar-refractivity contribution in [1.29, 1.82) is 0 Å². The van der Waals surface area contributed by atoms with Gasteiger partial charge in [0.25, 0.3) is 0 Å². The molecule has 3 heteroatoms. The molecule has 0 radical (unpaired) electrons. The first-order chi connectivity index (χ1) is 2.91. The Bertz CT molecular complexity index is 12.4. The Morgan fingerprint density at radius 3 is 1.38 bits per heavy atom. The molecule has 0 amide bonds. The Morgan fingerprint density at radius 2 is 1.38 bits per heavy atom.